The van der Waals surface area contributed by atoms with E-state index in [1.54, 1.807) is 6.07 Å². The molecule has 0 heterocycles. The molecule has 0 spiro atoms. The Morgan fingerprint density at radius 1 is 1.25 bits per heavy atom. The molecule has 9 heteroatoms. The molecule has 0 saturated carbocycles. The predicted molar refractivity (Wildman–Crippen MR) is 96.0 cm³/mol. The van der Waals surface area contributed by atoms with Crippen LogP contribution in [0.4, 0.5) is 14.5 Å². The second kappa shape index (κ2) is 9.36. The first-order valence-electron chi connectivity index (χ1n) is 8.10. The fourth-order valence-electron chi connectivity index (χ4n) is 2.30. The van der Waals surface area contributed by atoms with Crippen LogP contribution in [0.1, 0.15) is 24.1 Å². The van der Waals surface area contributed by atoms with Gasteiger partial charge in [0, 0.05) is 29.8 Å². The molecule has 0 aliphatic rings. The van der Waals surface area contributed by atoms with Crippen molar-refractivity contribution in [3.8, 4) is 0 Å². The van der Waals surface area contributed by atoms with E-state index in [1.807, 2.05) is 0 Å². The van der Waals surface area contributed by atoms with E-state index in [0.717, 1.165) is 12.1 Å². The Morgan fingerprint density at radius 3 is 2.68 bits per heavy atom. The second-order valence-electron chi connectivity index (χ2n) is 5.75. The number of carbonyl (C=O) groups excluding carboxylic acids is 2. The molecule has 0 aliphatic carbocycles. The molecule has 1 N–H and O–H groups in total. The molecule has 2 aromatic carbocycles. The lowest BCUT2D eigenvalue weighted by molar-refractivity contribution is -0.384. The molecule has 1 amide bonds. The van der Waals surface area contributed by atoms with Crippen LogP contribution in [0.2, 0.25) is 0 Å². The first kappa shape index (κ1) is 20.7. The van der Waals surface area contributed by atoms with Crippen molar-refractivity contribution < 1.29 is 28.0 Å². The van der Waals surface area contributed by atoms with Crippen LogP contribution in [0.5, 0.6) is 0 Å². The maximum Gasteiger partial charge on any atom is 0.331 e. The van der Waals surface area contributed by atoms with Gasteiger partial charge in [-0.2, -0.15) is 0 Å². The summed E-state index contributed by atoms with van der Waals surface area (Å²) in [4.78, 5) is 33.6. The Hall–Kier alpha value is -3.62. The van der Waals surface area contributed by atoms with Gasteiger partial charge in [-0.15, -0.1) is 0 Å². The number of nitro groups is 1. The molecule has 0 saturated heterocycles. The lowest BCUT2D eigenvalue weighted by Crippen LogP contribution is -2.31. The summed E-state index contributed by atoms with van der Waals surface area (Å²) in [5, 5.41) is 13.1. The molecule has 0 fully saturated rings. The molecule has 0 aliphatic heterocycles. The number of benzene rings is 2. The molecule has 0 radical (unpaired) electrons. The smallest absolute Gasteiger partial charge is 0.331 e. The van der Waals surface area contributed by atoms with Gasteiger partial charge in [0.1, 0.15) is 11.6 Å². The van der Waals surface area contributed by atoms with Gasteiger partial charge in [-0.25, -0.2) is 13.6 Å². The molecule has 0 aromatic heterocycles. The molecule has 2 rings (SSSR count). The number of hydrogen-bond acceptors (Lipinski definition) is 5. The average Bonchev–Trinajstić information content (AvgIpc) is 2.64. The molecule has 7 nitrogen and oxygen atoms in total. The van der Waals surface area contributed by atoms with Crippen molar-refractivity contribution in [1.29, 1.82) is 0 Å². The van der Waals surface area contributed by atoms with E-state index in [2.05, 4.69) is 5.32 Å². The molecule has 0 bridgehead atoms. The number of nitro benzene ring substituents is 1. The minimum atomic E-state index is -0.831. The largest absolute Gasteiger partial charge is 0.452 e. The second-order valence-corrected chi connectivity index (χ2v) is 5.75. The molecule has 146 valence electrons. The van der Waals surface area contributed by atoms with Crippen molar-refractivity contribution in [2.45, 2.75) is 13.0 Å². The van der Waals surface area contributed by atoms with Gasteiger partial charge in [0.05, 0.1) is 11.0 Å². The molecular formula is C19H16F2N2O5. The van der Waals surface area contributed by atoms with Crippen LogP contribution in [0.3, 0.4) is 0 Å². The summed E-state index contributed by atoms with van der Waals surface area (Å²) in [7, 11) is 0. The van der Waals surface area contributed by atoms with Gasteiger partial charge in [-0.3, -0.25) is 14.9 Å². The Balaban J connectivity index is 1.85. The van der Waals surface area contributed by atoms with Gasteiger partial charge in [-0.1, -0.05) is 18.2 Å². The number of nitrogens with one attached hydrogen (secondary N) is 1. The van der Waals surface area contributed by atoms with Crippen LogP contribution in [-0.4, -0.2) is 23.4 Å². The van der Waals surface area contributed by atoms with Gasteiger partial charge < -0.3 is 10.1 Å². The zero-order chi connectivity index (χ0) is 20.7. The summed E-state index contributed by atoms with van der Waals surface area (Å²) < 4.78 is 31.4. The number of esters is 1. The fraction of sp³-hybridized carbons (Fsp3) is 0.158. The van der Waals surface area contributed by atoms with Gasteiger partial charge in [0.2, 0.25) is 0 Å². The number of non-ortho nitro benzene ring substituents is 1. The number of rotatable bonds is 7. The van der Waals surface area contributed by atoms with E-state index in [-0.39, 0.29) is 11.3 Å². The van der Waals surface area contributed by atoms with Crippen LogP contribution >= 0.6 is 0 Å². The Kier molecular flexibility index (Phi) is 6.91. The van der Waals surface area contributed by atoms with Crippen molar-refractivity contribution in [3.05, 3.63) is 81.4 Å². The van der Waals surface area contributed by atoms with Crippen molar-refractivity contribution in [3.63, 3.8) is 0 Å². The average molecular weight is 390 g/mol. The van der Waals surface area contributed by atoms with Crippen LogP contribution in [-0.2, 0) is 14.3 Å². The van der Waals surface area contributed by atoms with E-state index >= 15 is 0 Å². The molecule has 0 unspecified atom stereocenters. The summed E-state index contributed by atoms with van der Waals surface area (Å²) in [6, 6.07) is 7.84. The van der Waals surface area contributed by atoms with Crippen LogP contribution < -0.4 is 5.32 Å². The van der Waals surface area contributed by atoms with Crippen molar-refractivity contribution in [2.75, 3.05) is 6.61 Å². The lowest BCUT2D eigenvalue weighted by atomic mass is 10.1. The fourth-order valence-corrected chi connectivity index (χ4v) is 2.30. The van der Waals surface area contributed by atoms with Crippen LogP contribution in [0.25, 0.3) is 6.08 Å². The number of carbonyl (C=O) groups is 2. The van der Waals surface area contributed by atoms with Gasteiger partial charge >= 0.3 is 5.97 Å². The minimum Gasteiger partial charge on any atom is -0.452 e. The van der Waals surface area contributed by atoms with Gasteiger partial charge in [-0.05, 0) is 24.6 Å². The maximum atomic E-state index is 13.7. The summed E-state index contributed by atoms with van der Waals surface area (Å²) in [6.45, 7) is 0.892. The molecule has 2 aromatic rings. The third-order valence-electron chi connectivity index (χ3n) is 3.64. The Labute approximate surface area is 158 Å². The minimum absolute atomic E-state index is 0.0895. The standard InChI is InChI=1S/C19H16F2N2O5/c1-12(16-7-6-14(20)10-17(16)21)22-18(24)11-28-19(25)8-5-13-3-2-4-15(9-13)23(26)27/h2-10,12H,11H2,1H3,(H,22,24)/b8-5+/t12-/m0/s1. The summed E-state index contributed by atoms with van der Waals surface area (Å²) in [5.41, 5.74) is 0.375. The van der Waals surface area contributed by atoms with E-state index in [0.29, 0.717) is 11.6 Å². The van der Waals surface area contributed by atoms with E-state index in [9.17, 15) is 28.5 Å². The first-order chi connectivity index (χ1) is 13.3. The predicted octanol–water partition coefficient (Wildman–Crippen LogP) is 3.31. The Morgan fingerprint density at radius 2 is 2.00 bits per heavy atom. The third-order valence-corrected chi connectivity index (χ3v) is 3.64. The highest BCUT2D eigenvalue weighted by molar-refractivity contribution is 5.89. The summed E-state index contributed by atoms with van der Waals surface area (Å²) in [6.07, 6.45) is 2.33. The molecule has 1 atom stereocenters. The molecular weight excluding hydrogens is 374 g/mol. The number of nitrogens with zero attached hydrogens (tertiary/aromatic N) is 1. The Bertz CT molecular complexity index is 930. The van der Waals surface area contributed by atoms with Crippen molar-refractivity contribution in [2.24, 2.45) is 0 Å². The quantitative estimate of drug-likeness (QED) is 0.338. The molecule has 28 heavy (non-hydrogen) atoms. The van der Waals surface area contributed by atoms with Crippen molar-refractivity contribution in [1.82, 2.24) is 5.32 Å². The SMILES string of the molecule is C[C@H](NC(=O)COC(=O)/C=C/c1cccc([N+](=O)[O-])c1)c1ccc(F)cc1F. The summed E-state index contributed by atoms with van der Waals surface area (Å²) in [5.74, 6) is -3.04. The van der Waals surface area contributed by atoms with E-state index in [1.165, 1.54) is 37.3 Å². The van der Waals surface area contributed by atoms with Crippen LogP contribution in [0, 0.1) is 21.7 Å². The van der Waals surface area contributed by atoms with E-state index < -0.39 is 41.1 Å². The zero-order valence-electron chi connectivity index (χ0n) is 14.7. The normalized spacial score (nSPS) is 11.8. The third kappa shape index (κ3) is 5.97. The highest BCUT2D eigenvalue weighted by Crippen LogP contribution is 2.17. The maximum absolute atomic E-state index is 13.7. The first-order valence-corrected chi connectivity index (χ1v) is 8.10. The zero-order valence-corrected chi connectivity index (χ0v) is 14.7. The highest BCUT2D eigenvalue weighted by atomic mass is 19.1. The van der Waals surface area contributed by atoms with Crippen molar-refractivity contribution >= 4 is 23.6 Å². The number of hydrogen-bond donors (Lipinski definition) is 1. The number of amides is 1. The number of halogens is 2. The highest BCUT2D eigenvalue weighted by Gasteiger charge is 2.15. The van der Waals surface area contributed by atoms with Gasteiger partial charge in [0.25, 0.3) is 11.6 Å². The van der Waals surface area contributed by atoms with E-state index in [4.69, 9.17) is 4.74 Å². The van der Waals surface area contributed by atoms with Gasteiger partial charge in [0.15, 0.2) is 6.61 Å². The topological polar surface area (TPSA) is 98.5 Å². The van der Waals surface area contributed by atoms with Crippen LogP contribution in [0.15, 0.2) is 48.5 Å². The lowest BCUT2D eigenvalue weighted by Gasteiger charge is -2.15. The number of ether oxygens (including phenoxy) is 1. The summed E-state index contributed by atoms with van der Waals surface area (Å²) >= 11 is 0. The monoisotopic (exact) mass is 390 g/mol.